The predicted molar refractivity (Wildman–Crippen MR) is 42.8 cm³/mol. The summed E-state index contributed by atoms with van der Waals surface area (Å²) in [5.41, 5.74) is 0. The maximum Gasteiger partial charge on any atom is 0.455 e. The van der Waals surface area contributed by atoms with Crippen LogP contribution in [0.4, 0.5) is 0 Å². The van der Waals surface area contributed by atoms with Crippen molar-refractivity contribution in [3.05, 3.63) is 33.9 Å². The summed E-state index contributed by atoms with van der Waals surface area (Å²) in [4.78, 5) is 0. The van der Waals surface area contributed by atoms with Gasteiger partial charge < -0.3 is 0 Å². The van der Waals surface area contributed by atoms with Crippen LogP contribution in [-0.4, -0.2) is 3.44 Å². The van der Waals surface area contributed by atoms with Crippen LogP contribution in [0.3, 0.4) is 0 Å². The molecular formula is C6H7I2O+. The molecule has 9 heavy (non-hydrogen) atoms. The van der Waals surface area contributed by atoms with Gasteiger partial charge in [0, 0.05) is 3.57 Å². The van der Waals surface area contributed by atoms with Gasteiger partial charge in [0.05, 0.1) is 0 Å². The van der Waals surface area contributed by atoms with E-state index in [0.29, 0.717) is 0 Å². The summed E-state index contributed by atoms with van der Waals surface area (Å²) < 4.78 is 8.30. The molecule has 1 nitrogen and oxygen atoms in total. The van der Waals surface area contributed by atoms with Crippen molar-refractivity contribution in [2.24, 2.45) is 0 Å². The van der Waals surface area contributed by atoms with Crippen LogP contribution in [0.15, 0.2) is 30.3 Å². The maximum atomic E-state index is 7.01. The molecule has 1 N–H and O–H groups in total. The molecule has 0 fully saturated rings. The lowest BCUT2D eigenvalue weighted by molar-refractivity contribution is -0.670. The average Bonchev–Trinajstić information content (AvgIpc) is 1.94. The highest BCUT2D eigenvalue weighted by Gasteiger charge is 1.74. The summed E-state index contributed by atoms with van der Waals surface area (Å²) in [6.07, 6.45) is 0. The van der Waals surface area contributed by atoms with Gasteiger partial charge in [0.25, 0.3) is 0 Å². The Morgan fingerprint density at radius 3 is 1.78 bits per heavy atom. The van der Waals surface area contributed by atoms with Gasteiger partial charge in [0.15, 0.2) is 0 Å². The van der Waals surface area contributed by atoms with E-state index >= 15 is 0 Å². The van der Waals surface area contributed by atoms with Gasteiger partial charge in [-0.3, -0.25) is 0 Å². The van der Waals surface area contributed by atoms with Crippen LogP contribution >= 0.6 is 22.6 Å². The number of hydrogen-bond acceptors (Lipinski definition) is 1. The van der Waals surface area contributed by atoms with Crippen molar-refractivity contribution < 1.29 is 26.4 Å². The Labute approximate surface area is 82.3 Å². The minimum Gasteiger partial charge on any atom is -0.163 e. The van der Waals surface area contributed by atoms with Gasteiger partial charge in [-0.2, -0.15) is 3.44 Å². The normalized spacial score (nSPS) is 7.44. The van der Waals surface area contributed by atoms with Crippen LogP contribution in [0.25, 0.3) is 0 Å². The smallest absolute Gasteiger partial charge is 0.163 e. The third-order valence-corrected chi connectivity index (χ3v) is 1.45. The largest absolute Gasteiger partial charge is 0.455 e. The van der Waals surface area contributed by atoms with Crippen molar-refractivity contribution in [1.82, 2.24) is 0 Å². The molecule has 0 aromatic heterocycles. The van der Waals surface area contributed by atoms with Crippen molar-refractivity contribution in [3.8, 4) is 0 Å². The minimum atomic E-state index is 0.950. The fourth-order valence-electron chi connectivity index (χ4n) is 0.415. The van der Waals surface area contributed by atoms with Crippen molar-refractivity contribution in [3.63, 3.8) is 0 Å². The van der Waals surface area contributed by atoms with Crippen LogP contribution in [0.5, 0.6) is 0 Å². The molecule has 3 heteroatoms. The highest BCUT2D eigenvalue weighted by Crippen LogP contribution is 1.99. The van der Waals surface area contributed by atoms with E-state index in [4.69, 9.17) is 3.44 Å². The molecule has 0 amide bonds. The Kier molecular flexibility index (Phi) is 7.24. The van der Waals surface area contributed by atoms with Gasteiger partial charge in [-0.25, -0.2) is 0 Å². The summed E-state index contributed by atoms with van der Waals surface area (Å²) in [5, 5.41) is 0. The first-order chi connectivity index (χ1) is 4.39. The standard InChI is InChI=1S/C6H5I.H2IO/c7-6-4-2-1-3-5-6;1-2/h1-5H;1-2H/q;+1. The topological polar surface area (TPSA) is 20.2 Å². The molecule has 0 heterocycles. The molecule has 50 valence electrons. The summed E-state index contributed by atoms with van der Waals surface area (Å²) >= 11 is 3.23. The molecule has 0 radical (unpaired) electrons. The summed E-state index contributed by atoms with van der Waals surface area (Å²) in [5.74, 6) is 0. The fourth-order valence-corrected chi connectivity index (χ4v) is 0.830. The molecule has 0 bridgehead atoms. The first-order valence-electron chi connectivity index (χ1n) is 2.28. The van der Waals surface area contributed by atoms with E-state index in [9.17, 15) is 0 Å². The van der Waals surface area contributed by atoms with E-state index in [1.165, 1.54) is 3.57 Å². The summed E-state index contributed by atoms with van der Waals surface area (Å²) in [7, 11) is 0. The Bertz CT molecular complexity index is 141. The molecular weight excluding hydrogens is 342 g/mol. The van der Waals surface area contributed by atoms with Crippen LogP contribution < -0.4 is 23.0 Å². The Balaban J connectivity index is 0.000000291. The number of hydrogen-bond donors (Lipinski definition) is 1. The van der Waals surface area contributed by atoms with Gasteiger partial charge in [-0.05, 0) is 34.7 Å². The van der Waals surface area contributed by atoms with Crippen molar-refractivity contribution in [1.29, 1.82) is 0 Å². The quantitative estimate of drug-likeness (QED) is 0.564. The number of rotatable bonds is 0. The van der Waals surface area contributed by atoms with E-state index < -0.39 is 0 Å². The Hall–Kier alpha value is 0.640. The average molecular weight is 349 g/mol. The second-order valence-electron chi connectivity index (χ2n) is 1.30. The van der Waals surface area contributed by atoms with Crippen LogP contribution in [0.1, 0.15) is 0 Å². The van der Waals surface area contributed by atoms with E-state index in [-0.39, 0.29) is 0 Å². The van der Waals surface area contributed by atoms with Crippen molar-refractivity contribution in [2.45, 2.75) is 0 Å². The second-order valence-corrected chi connectivity index (χ2v) is 2.54. The van der Waals surface area contributed by atoms with Crippen LogP contribution in [-0.2, 0) is 0 Å². The lowest BCUT2D eigenvalue weighted by Crippen LogP contribution is -3.33. The maximum absolute atomic E-state index is 7.01. The van der Waals surface area contributed by atoms with Gasteiger partial charge in [-0.1, -0.05) is 18.2 Å². The molecule has 0 unspecified atom stereocenters. The number of halogens is 2. The molecule has 0 spiro atoms. The molecule has 0 aliphatic rings. The molecule has 0 aliphatic carbocycles. The van der Waals surface area contributed by atoms with Gasteiger partial charge >= 0.3 is 23.0 Å². The molecule has 1 aromatic carbocycles. The highest BCUT2D eigenvalue weighted by atomic mass is 127. The van der Waals surface area contributed by atoms with E-state index in [2.05, 4.69) is 34.7 Å². The SMILES string of the molecule is Ic1ccccc1.O[IH+]. The lowest BCUT2D eigenvalue weighted by atomic mass is 10.4. The zero-order chi connectivity index (χ0) is 7.11. The minimum absolute atomic E-state index is 0.950. The molecule has 1 aromatic rings. The second kappa shape index (κ2) is 6.76. The Morgan fingerprint density at radius 2 is 1.56 bits per heavy atom. The predicted octanol–water partition coefficient (Wildman–Crippen LogP) is -1.53. The third-order valence-electron chi connectivity index (χ3n) is 0.733. The Morgan fingerprint density at radius 1 is 1.11 bits per heavy atom. The van der Waals surface area contributed by atoms with E-state index in [1.807, 2.05) is 18.2 Å². The van der Waals surface area contributed by atoms with Crippen molar-refractivity contribution in [2.75, 3.05) is 0 Å². The molecule has 0 aliphatic heterocycles. The van der Waals surface area contributed by atoms with E-state index in [1.54, 1.807) is 0 Å². The molecule has 0 atom stereocenters. The monoisotopic (exact) mass is 349 g/mol. The summed E-state index contributed by atoms with van der Waals surface area (Å²) in [6, 6.07) is 10.2. The first kappa shape index (κ1) is 9.64. The van der Waals surface area contributed by atoms with Gasteiger partial charge in [0.2, 0.25) is 0 Å². The third kappa shape index (κ3) is 5.10. The van der Waals surface area contributed by atoms with Gasteiger partial charge in [0.1, 0.15) is 0 Å². The highest BCUT2D eigenvalue weighted by molar-refractivity contribution is 14.1. The summed E-state index contributed by atoms with van der Waals surface area (Å²) in [6.45, 7) is 0. The zero-order valence-corrected chi connectivity index (χ0v) is 9.11. The van der Waals surface area contributed by atoms with Crippen LogP contribution in [0.2, 0.25) is 0 Å². The molecule has 0 saturated carbocycles. The first-order valence-corrected chi connectivity index (χ1v) is 4.40. The van der Waals surface area contributed by atoms with E-state index in [0.717, 1.165) is 23.0 Å². The molecule has 1 rings (SSSR count). The van der Waals surface area contributed by atoms with Crippen LogP contribution in [0, 0.1) is 3.57 Å². The zero-order valence-electron chi connectivity index (χ0n) is 4.62. The van der Waals surface area contributed by atoms with Gasteiger partial charge in [-0.15, -0.1) is 0 Å². The fraction of sp³-hybridized carbons (Fsp3) is 0. The molecule has 0 saturated heterocycles. The number of benzene rings is 1. The van der Waals surface area contributed by atoms with Crippen molar-refractivity contribution >= 4 is 22.6 Å². The lowest BCUT2D eigenvalue weighted by Gasteiger charge is -1.80.